The van der Waals surface area contributed by atoms with Gasteiger partial charge in [-0.25, -0.2) is 9.59 Å². The number of carboxylic acids is 1. The summed E-state index contributed by atoms with van der Waals surface area (Å²) in [5.74, 6) is -0.512. The lowest BCUT2D eigenvalue weighted by Gasteiger charge is -2.36. The molecule has 2 aromatic rings. The van der Waals surface area contributed by atoms with Crippen molar-refractivity contribution in [2.45, 2.75) is 51.9 Å². The number of ether oxygens (including phenoxy) is 3. The molecule has 1 aliphatic rings. The van der Waals surface area contributed by atoms with E-state index in [0.29, 0.717) is 17.1 Å². The van der Waals surface area contributed by atoms with Gasteiger partial charge in [-0.3, -0.25) is 9.69 Å². The largest absolute Gasteiger partial charge is 0.496 e. The van der Waals surface area contributed by atoms with Crippen molar-refractivity contribution in [1.29, 1.82) is 0 Å². The van der Waals surface area contributed by atoms with E-state index >= 15 is 0 Å². The van der Waals surface area contributed by atoms with Gasteiger partial charge in [-0.15, -0.1) is 0 Å². The van der Waals surface area contributed by atoms with E-state index in [1.807, 2.05) is 44.2 Å². The number of hydrogen-bond donors (Lipinski definition) is 2. The Hall–Kier alpha value is -3.75. The van der Waals surface area contributed by atoms with Gasteiger partial charge in [0.05, 0.1) is 20.8 Å². The molecule has 0 bridgehead atoms. The summed E-state index contributed by atoms with van der Waals surface area (Å²) in [7, 11) is 3.06. The van der Waals surface area contributed by atoms with E-state index < -0.39 is 30.1 Å². The minimum atomic E-state index is -1.12. The first-order valence-electron chi connectivity index (χ1n) is 11.5. The summed E-state index contributed by atoms with van der Waals surface area (Å²) < 4.78 is 16.5. The Bertz CT molecular complexity index is 1060. The molecule has 2 amide bonds. The Morgan fingerprint density at radius 3 is 2.23 bits per heavy atom. The molecule has 2 atom stereocenters. The van der Waals surface area contributed by atoms with Crippen molar-refractivity contribution in [2.24, 2.45) is 5.92 Å². The third-order valence-corrected chi connectivity index (χ3v) is 5.95. The average molecular weight is 485 g/mol. The lowest BCUT2D eigenvalue weighted by atomic mass is 9.91. The molecule has 2 N–H and O–H groups in total. The summed E-state index contributed by atoms with van der Waals surface area (Å²) >= 11 is 0. The highest BCUT2D eigenvalue weighted by Gasteiger charge is 2.39. The Morgan fingerprint density at radius 1 is 1.03 bits per heavy atom. The van der Waals surface area contributed by atoms with Crippen molar-refractivity contribution < 1.29 is 33.7 Å². The number of methoxy groups -OCH3 is 2. The number of carboxylic acid groups (broad SMARTS) is 1. The predicted molar refractivity (Wildman–Crippen MR) is 128 cm³/mol. The Balaban J connectivity index is 1.92. The third-order valence-electron chi connectivity index (χ3n) is 5.95. The van der Waals surface area contributed by atoms with Gasteiger partial charge in [0.25, 0.3) is 0 Å². The van der Waals surface area contributed by atoms with Crippen molar-refractivity contribution in [2.75, 3.05) is 14.2 Å². The normalized spacial score (nSPS) is 15.7. The summed E-state index contributed by atoms with van der Waals surface area (Å²) in [6, 6.07) is 10.6. The highest BCUT2D eigenvalue weighted by molar-refractivity contribution is 5.90. The van der Waals surface area contributed by atoms with E-state index in [1.165, 1.54) is 19.1 Å². The van der Waals surface area contributed by atoms with E-state index in [1.54, 1.807) is 12.1 Å². The quantitative estimate of drug-likeness (QED) is 0.561. The molecule has 0 aliphatic carbocycles. The maximum absolute atomic E-state index is 13.4. The van der Waals surface area contributed by atoms with Crippen LogP contribution in [-0.2, 0) is 33.9 Å². The van der Waals surface area contributed by atoms with E-state index in [0.717, 1.165) is 11.1 Å². The topological polar surface area (TPSA) is 114 Å². The molecule has 0 spiro atoms. The summed E-state index contributed by atoms with van der Waals surface area (Å²) in [5, 5.41) is 12.2. The van der Waals surface area contributed by atoms with Crippen molar-refractivity contribution in [3.8, 4) is 11.5 Å². The molecule has 0 fully saturated rings. The zero-order chi connectivity index (χ0) is 25.5. The molecule has 0 aromatic heterocycles. The Morgan fingerprint density at radius 2 is 1.66 bits per heavy atom. The summed E-state index contributed by atoms with van der Waals surface area (Å²) in [5.41, 5.74) is 2.25. The van der Waals surface area contributed by atoms with Crippen LogP contribution in [0.25, 0.3) is 0 Å². The lowest BCUT2D eigenvalue weighted by Crippen LogP contribution is -2.55. The molecule has 0 unspecified atom stereocenters. The van der Waals surface area contributed by atoms with Crippen molar-refractivity contribution in [3.05, 3.63) is 59.2 Å². The monoisotopic (exact) mass is 484 g/mol. The molecule has 0 saturated heterocycles. The number of benzene rings is 2. The fraction of sp³-hybridized carbons (Fsp3) is 0.423. The van der Waals surface area contributed by atoms with Crippen molar-refractivity contribution in [1.82, 2.24) is 10.2 Å². The van der Waals surface area contributed by atoms with Crippen LogP contribution in [0.4, 0.5) is 4.79 Å². The van der Waals surface area contributed by atoms with Crippen LogP contribution < -0.4 is 14.8 Å². The highest BCUT2D eigenvalue weighted by Crippen LogP contribution is 2.37. The third kappa shape index (κ3) is 6.23. The first-order valence-corrected chi connectivity index (χ1v) is 11.5. The van der Waals surface area contributed by atoms with E-state index in [2.05, 4.69) is 5.32 Å². The maximum atomic E-state index is 13.4. The molecular weight excluding hydrogens is 452 g/mol. The number of rotatable bonds is 9. The average Bonchev–Trinajstić information content (AvgIpc) is 2.85. The molecule has 0 radical (unpaired) electrons. The standard InChI is InChI=1S/C26H32N2O7/c1-16(2)12-20(25(30)31)27-24(29)21-13-18-19(23(34-4)11-10-22(18)33-3)14-28(21)26(32)35-15-17-8-6-5-7-9-17/h5-11,16,20-21H,12-15H2,1-4H3,(H,27,29)(H,30,31)/t20-,21-/m0/s1. The highest BCUT2D eigenvalue weighted by atomic mass is 16.6. The van der Waals surface area contributed by atoms with Gasteiger partial charge in [0.2, 0.25) is 5.91 Å². The zero-order valence-corrected chi connectivity index (χ0v) is 20.4. The van der Waals surface area contributed by atoms with Crippen molar-refractivity contribution >= 4 is 18.0 Å². The van der Waals surface area contributed by atoms with E-state index in [9.17, 15) is 19.5 Å². The number of nitrogens with zero attached hydrogens (tertiary/aromatic N) is 1. The smallest absolute Gasteiger partial charge is 0.411 e. The van der Waals surface area contributed by atoms with Gasteiger partial charge in [-0.2, -0.15) is 0 Å². The first kappa shape index (κ1) is 25.9. The van der Waals surface area contributed by atoms with Crippen LogP contribution in [0.2, 0.25) is 0 Å². The Labute approximate surface area is 205 Å². The number of carbonyl (C=O) groups excluding carboxylic acids is 2. The van der Waals surface area contributed by atoms with Gasteiger partial charge < -0.3 is 24.6 Å². The van der Waals surface area contributed by atoms with Crippen LogP contribution >= 0.6 is 0 Å². The fourth-order valence-corrected chi connectivity index (χ4v) is 4.20. The molecule has 1 heterocycles. The van der Waals surface area contributed by atoms with Crippen molar-refractivity contribution in [3.63, 3.8) is 0 Å². The van der Waals surface area contributed by atoms with Gasteiger partial charge in [0.1, 0.15) is 30.2 Å². The van der Waals surface area contributed by atoms with Crippen LogP contribution in [-0.4, -0.2) is 54.3 Å². The molecule has 2 aromatic carbocycles. The second-order valence-electron chi connectivity index (χ2n) is 8.84. The summed E-state index contributed by atoms with van der Waals surface area (Å²) in [6.45, 7) is 3.84. The minimum absolute atomic E-state index is 0.0394. The SMILES string of the molecule is COc1ccc(OC)c2c1C[C@@H](C(=O)N[C@@H](CC(C)C)C(=O)O)N(C(=O)OCc1ccccc1)C2. The minimum Gasteiger partial charge on any atom is -0.496 e. The van der Waals surface area contributed by atoms with Gasteiger partial charge in [0.15, 0.2) is 0 Å². The Kier molecular flexibility index (Phi) is 8.57. The fourth-order valence-electron chi connectivity index (χ4n) is 4.20. The van der Waals surface area contributed by atoms with Crippen LogP contribution in [0.15, 0.2) is 42.5 Å². The first-order chi connectivity index (χ1) is 16.7. The van der Waals surface area contributed by atoms with E-state index in [4.69, 9.17) is 14.2 Å². The van der Waals surface area contributed by atoms with Gasteiger partial charge in [0, 0.05) is 17.5 Å². The molecule has 188 valence electrons. The summed E-state index contributed by atoms with van der Waals surface area (Å²) in [6.07, 6.45) is -0.295. The van der Waals surface area contributed by atoms with Gasteiger partial charge in [-0.1, -0.05) is 44.2 Å². The van der Waals surface area contributed by atoms with Crippen LogP contribution in [0.3, 0.4) is 0 Å². The molecular formula is C26H32N2O7. The number of carbonyl (C=O) groups is 3. The molecule has 3 rings (SSSR count). The summed E-state index contributed by atoms with van der Waals surface area (Å²) in [4.78, 5) is 39.6. The van der Waals surface area contributed by atoms with Gasteiger partial charge >= 0.3 is 12.1 Å². The number of amides is 2. The maximum Gasteiger partial charge on any atom is 0.411 e. The molecule has 35 heavy (non-hydrogen) atoms. The number of nitrogens with one attached hydrogen (secondary N) is 1. The molecule has 9 nitrogen and oxygen atoms in total. The van der Waals surface area contributed by atoms with Crippen LogP contribution in [0.5, 0.6) is 11.5 Å². The van der Waals surface area contributed by atoms with Crippen LogP contribution in [0, 0.1) is 5.92 Å². The second kappa shape index (κ2) is 11.6. The lowest BCUT2D eigenvalue weighted by molar-refractivity contribution is -0.143. The number of aliphatic carboxylic acids is 1. The molecule has 9 heteroatoms. The van der Waals surface area contributed by atoms with Gasteiger partial charge in [-0.05, 0) is 30.0 Å². The second-order valence-corrected chi connectivity index (χ2v) is 8.84. The zero-order valence-electron chi connectivity index (χ0n) is 20.4. The molecule has 1 aliphatic heterocycles. The number of hydrogen-bond acceptors (Lipinski definition) is 6. The number of fused-ring (bicyclic) bond motifs is 1. The molecule has 0 saturated carbocycles. The van der Waals surface area contributed by atoms with E-state index in [-0.39, 0.29) is 31.9 Å². The van der Waals surface area contributed by atoms with Crippen LogP contribution in [0.1, 0.15) is 37.0 Å². The predicted octanol–water partition coefficient (Wildman–Crippen LogP) is 3.38.